The summed E-state index contributed by atoms with van der Waals surface area (Å²) in [6.45, 7) is 1.86. The third-order valence-electron chi connectivity index (χ3n) is 2.43. The van der Waals surface area contributed by atoms with Crippen molar-refractivity contribution in [2.24, 2.45) is 5.92 Å². The van der Waals surface area contributed by atoms with Gasteiger partial charge in [0.15, 0.2) is 5.92 Å². The van der Waals surface area contributed by atoms with Crippen LogP contribution in [-0.2, 0) is 20.7 Å². The molecule has 17 heavy (non-hydrogen) atoms. The summed E-state index contributed by atoms with van der Waals surface area (Å²) in [5, 5.41) is 8.95. The highest BCUT2D eigenvalue weighted by Gasteiger charge is 2.27. The largest absolute Gasteiger partial charge is 0.481 e. The van der Waals surface area contributed by atoms with Crippen molar-refractivity contribution >= 4 is 11.9 Å². The fourth-order valence-corrected chi connectivity index (χ4v) is 1.54. The van der Waals surface area contributed by atoms with Crippen LogP contribution in [0.4, 0.5) is 0 Å². The minimum atomic E-state index is -1.13. The molecule has 1 aromatic rings. The van der Waals surface area contributed by atoms with Crippen LogP contribution in [0.1, 0.15) is 18.9 Å². The minimum absolute atomic E-state index is 0.202. The maximum atomic E-state index is 11.4. The van der Waals surface area contributed by atoms with E-state index in [9.17, 15) is 9.59 Å². The predicted octanol–water partition coefficient (Wildman–Crippen LogP) is 1.88. The molecule has 0 saturated heterocycles. The van der Waals surface area contributed by atoms with Gasteiger partial charge in [-0.15, -0.1) is 0 Å². The summed E-state index contributed by atoms with van der Waals surface area (Å²) < 4.78 is 4.73. The Balaban J connectivity index is 2.56. The van der Waals surface area contributed by atoms with Gasteiger partial charge in [0, 0.05) is 0 Å². The number of rotatable bonds is 6. The molecule has 0 amide bonds. The quantitative estimate of drug-likeness (QED) is 0.605. The number of benzene rings is 1. The van der Waals surface area contributed by atoms with Gasteiger partial charge in [0.2, 0.25) is 0 Å². The van der Waals surface area contributed by atoms with Crippen molar-refractivity contribution in [1.82, 2.24) is 0 Å². The molecular weight excluding hydrogens is 220 g/mol. The number of ether oxygens (including phenoxy) is 1. The second-order valence-electron chi connectivity index (χ2n) is 3.67. The maximum absolute atomic E-state index is 11.4. The summed E-state index contributed by atoms with van der Waals surface area (Å²) in [5.41, 5.74) is 1.02. The first-order valence-corrected chi connectivity index (χ1v) is 5.58. The molecule has 0 aliphatic rings. The molecule has 4 heteroatoms. The zero-order valence-electron chi connectivity index (χ0n) is 9.76. The number of hydrogen-bond donors (Lipinski definition) is 1. The van der Waals surface area contributed by atoms with E-state index in [4.69, 9.17) is 9.84 Å². The molecule has 1 aromatic carbocycles. The molecule has 0 radical (unpaired) electrons. The van der Waals surface area contributed by atoms with E-state index in [-0.39, 0.29) is 13.0 Å². The van der Waals surface area contributed by atoms with Gasteiger partial charge < -0.3 is 9.84 Å². The van der Waals surface area contributed by atoms with Gasteiger partial charge in [0.05, 0.1) is 6.61 Å². The number of carbonyl (C=O) groups excluding carboxylic acids is 1. The van der Waals surface area contributed by atoms with Gasteiger partial charge >= 0.3 is 11.9 Å². The van der Waals surface area contributed by atoms with E-state index < -0.39 is 17.9 Å². The van der Waals surface area contributed by atoms with E-state index in [1.807, 2.05) is 30.3 Å². The van der Waals surface area contributed by atoms with Crippen LogP contribution in [0.5, 0.6) is 0 Å². The van der Waals surface area contributed by atoms with Gasteiger partial charge in [-0.25, -0.2) is 0 Å². The molecule has 0 aliphatic carbocycles. The second-order valence-corrected chi connectivity index (χ2v) is 3.67. The Morgan fingerprint density at radius 2 is 1.94 bits per heavy atom. The molecule has 0 bridgehead atoms. The van der Waals surface area contributed by atoms with Crippen LogP contribution in [0.25, 0.3) is 0 Å². The second kappa shape index (κ2) is 6.68. The van der Waals surface area contributed by atoms with Crippen molar-refractivity contribution < 1.29 is 19.4 Å². The lowest BCUT2D eigenvalue weighted by atomic mass is 10.00. The van der Waals surface area contributed by atoms with Gasteiger partial charge in [-0.3, -0.25) is 9.59 Å². The highest BCUT2D eigenvalue weighted by Crippen LogP contribution is 2.12. The van der Waals surface area contributed by atoms with Crippen LogP contribution in [0.2, 0.25) is 0 Å². The molecule has 1 atom stereocenters. The van der Waals surface area contributed by atoms with Crippen LogP contribution in [0.15, 0.2) is 30.3 Å². The summed E-state index contributed by atoms with van der Waals surface area (Å²) in [7, 11) is 0. The summed E-state index contributed by atoms with van der Waals surface area (Å²) >= 11 is 0. The standard InChI is InChI=1S/C13H16O4/c1-2-17-13(16)11(12(14)15)9-8-10-6-4-3-5-7-10/h3-7,11H,2,8-9H2,1H3,(H,14,15)/t11-/m0/s1. The third kappa shape index (κ3) is 4.26. The van der Waals surface area contributed by atoms with Crippen molar-refractivity contribution in [3.05, 3.63) is 35.9 Å². The van der Waals surface area contributed by atoms with Crippen LogP contribution < -0.4 is 0 Å². The highest BCUT2D eigenvalue weighted by molar-refractivity contribution is 5.93. The molecule has 0 spiro atoms. The van der Waals surface area contributed by atoms with Gasteiger partial charge in [-0.05, 0) is 25.3 Å². The molecule has 0 saturated carbocycles. The number of carboxylic acids is 1. The molecule has 1 N–H and O–H groups in total. The lowest BCUT2D eigenvalue weighted by molar-refractivity contribution is -0.158. The van der Waals surface area contributed by atoms with E-state index in [1.54, 1.807) is 6.92 Å². The van der Waals surface area contributed by atoms with Crippen LogP contribution in [0, 0.1) is 5.92 Å². The highest BCUT2D eigenvalue weighted by atomic mass is 16.5. The topological polar surface area (TPSA) is 63.6 Å². The number of carbonyl (C=O) groups is 2. The summed E-state index contributed by atoms with van der Waals surface area (Å²) in [6.07, 6.45) is 0.814. The van der Waals surface area contributed by atoms with Gasteiger partial charge in [0.25, 0.3) is 0 Å². The van der Waals surface area contributed by atoms with E-state index in [0.717, 1.165) is 5.56 Å². The monoisotopic (exact) mass is 236 g/mol. The van der Waals surface area contributed by atoms with E-state index >= 15 is 0 Å². The SMILES string of the molecule is CCOC(=O)[C@@H](CCc1ccccc1)C(=O)O. The Bertz CT molecular complexity index is 372. The fraction of sp³-hybridized carbons (Fsp3) is 0.385. The molecule has 0 fully saturated rings. The molecule has 0 aliphatic heterocycles. The van der Waals surface area contributed by atoms with Gasteiger partial charge in [-0.1, -0.05) is 30.3 Å². The number of aryl methyl sites for hydroxylation is 1. The van der Waals surface area contributed by atoms with Crippen molar-refractivity contribution in [1.29, 1.82) is 0 Å². The van der Waals surface area contributed by atoms with Crippen molar-refractivity contribution in [2.75, 3.05) is 6.61 Å². The molecule has 92 valence electrons. The predicted molar refractivity (Wildman–Crippen MR) is 62.5 cm³/mol. The lowest BCUT2D eigenvalue weighted by Gasteiger charge is -2.10. The third-order valence-corrected chi connectivity index (χ3v) is 2.43. The normalized spacial score (nSPS) is 11.8. The van der Waals surface area contributed by atoms with Gasteiger partial charge in [0.1, 0.15) is 0 Å². The average Bonchev–Trinajstić information content (AvgIpc) is 2.30. The van der Waals surface area contributed by atoms with Crippen LogP contribution in [-0.4, -0.2) is 23.7 Å². The van der Waals surface area contributed by atoms with Crippen LogP contribution in [0.3, 0.4) is 0 Å². The number of hydrogen-bond acceptors (Lipinski definition) is 3. The number of carboxylic acid groups (broad SMARTS) is 1. The average molecular weight is 236 g/mol. The first-order valence-electron chi connectivity index (χ1n) is 5.58. The van der Waals surface area contributed by atoms with E-state index in [1.165, 1.54) is 0 Å². The summed E-state index contributed by atoms with van der Waals surface area (Å²) in [5.74, 6) is -2.86. The maximum Gasteiger partial charge on any atom is 0.320 e. The van der Waals surface area contributed by atoms with Crippen LogP contribution >= 0.6 is 0 Å². The Labute approximate surface area is 100 Å². The summed E-state index contributed by atoms with van der Waals surface area (Å²) in [4.78, 5) is 22.3. The van der Waals surface area contributed by atoms with Crippen molar-refractivity contribution in [3.63, 3.8) is 0 Å². The van der Waals surface area contributed by atoms with Gasteiger partial charge in [-0.2, -0.15) is 0 Å². The fourth-order valence-electron chi connectivity index (χ4n) is 1.54. The smallest absolute Gasteiger partial charge is 0.320 e. The Hall–Kier alpha value is -1.84. The number of aliphatic carboxylic acids is 1. The molecule has 0 aromatic heterocycles. The Morgan fingerprint density at radius 3 is 2.47 bits per heavy atom. The molecule has 0 unspecified atom stereocenters. The van der Waals surface area contributed by atoms with Crippen molar-refractivity contribution in [2.45, 2.75) is 19.8 Å². The molecular formula is C13H16O4. The molecule has 4 nitrogen and oxygen atoms in total. The first-order chi connectivity index (χ1) is 8.15. The van der Waals surface area contributed by atoms with E-state index in [2.05, 4.69) is 0 Å². The van der Waals surface area contributed by atoms with E-state index in [0.29, 0.717) is 6.42 Å². The first kappa shape index (κ1) is 13.2. The molecule has 1 rings (SSSR count). The Kier molecular flexibility index (Phi) is 5.20. The Morgan fingerprint density at radius 1 is 1.29 bits per heavy atom. The summed E-state index contributed by atoms with van der Waals surface area (Å²) in [6, 6.07) is 9.47. The molecule has 0 heterocycles. The lowest BCUT2D eigenvalue weighted by Crippen LogP contribution is -2.26. The van der Waals surface area contributed by atoms with Crippen molar-refractivity contribution in [3.8, 4) is 0 Å². The zero-order chi connectivity index (χ0) is 12.7. The zero-order valence-corrected chi connectivity index (χ0v) is 9.76. The minimum Gasteiger partial charge on any atom is -0.481 e. The number of esters is 1.